The molecule has 2 aromatic heterocycles. The van der Waals surface area contributed by atoms with Crippen molar-refractivity contribution in [1.82, 2.24) is 30.4 Å². The van der Waals surface area contributed by atoms with Crippen LogP contribution in [0.15, 0.2) is 35.3 Å². The number of esters is 2. The minimum atomic E-state index is -1.04. The number of ketones is 2. The smallest absolute Gasteiger partial charge is 0.407 e. The van der Waals surface area contributed by atoms with Gasteiger partial charge in [-0.25, -0.2) is 29.1 Å². The highest BCUT2D eigenvalue weighted by Gasteiger charge is 2.30. The first-order valence-electron chi connectivity index (χ1n) is 18.1. The number of thiazole rings is 2. The number of fused-ring (bicyclic) bond motifs is 2. The topological polar surface area (TPSA) is 230 Å². The summed E-state index contributed by atoms with van der Waals surface area (Å²) in [6.07, 6.45) is -0.533. The summed E-state index contributed by atoms with van der Waals surface area (Å²) in [5.74, 6) is -3.64. The number of Topliss-reactive ketones (excluding diaryl/α,β-unsaturated/α-hetero) is 2. The van der Waals surface area contributed by atoms with Crippen molar-refractivity contribution in [3.05, 3.63) is 46.4 Å². The van der Waals surface area contributed by atoms with Gasteiger partial charge in [-0.2, -0.15) is 0 Å². The van der Waals surface area contributed by atoms with Gasteiger partial charge in [-0.15, -0.1) is 22.7 Å². The zero-order valence-corrected chi connectivity index (χ0v) is 34.4. The Labute approximate surface area is 341 Å². The van der Waals surface area contributed by atoms with Crippen LogP contribution in [-0.2, 0) is 38.1 Å². The number of amides is 4. The maximum Gasteiger partial charge on any atom is 0.407 e. The molecule has 0 fully saturated rings. The van der Waals surface area contributed by atoms with Crippen LogP contribution in [0.1, 0.15) is 61.3 Å². The number of hydrogen-bond acceptors (Lipinski definition) is 16. The predicted octanol–water partition coefficient (Wildman–Crippen LogP) is 3.99. The van der Waals surface area contributed by atoms with Crippen LogP contribution in [0.2, 0.25) is 0 Å². The lowest BCUT2D eigenvalue weighted by Gasteiger charge is -2.27. The molecule has 2 unspecified atom stereocenters. The molecule has 0 radical (unpaired) electrons. The van der Waals surface area contributed by atoms with Crippen molar-refractivity contribution in [2.75, 3.05) is 53.6 Å². The molecular formula is C38H44N6O12S2. The maximum atomic E-state index is 13.4. The number of carbonyl (C=O) groups is 8. The second-order valence-electron chi connectivity index (χ2n) is 12.7. The van der Waals surface area contributed by atoms with Gasteiger partial charge in [-0.05, 0) is 38.8 Å². The summed E-state index contributed by atoms with van der Waals surface area (Å²) in [7, 11) is 2.32. The van der Waals surface area contributed by atoms with E-state index in [2.05, 4.69) is 30.1 Å². The molecule has 18 nitrogen and oxygen atoms in total. The Balaban J connectivity index is 1.46. The van der Waals surface area contributed by atoms with Crippen molar-refractivity contribution in [2.24, 2.45) is 0 Å². The molecule has 0 aliphatic rings. The van der Waals surface area contributed by atoms with Gasteiger partial charge in [0.1, 0.15) is 25.2 Å². The summed E-state index contributed by atoms with van der Waals surface area (Å²) < 4.78 is 20.7. The number of ether oxygens (including phenoxy) is 4. The van der Waals surface area contributed by atoms with E-state index >= 15 is 0 Å². The standard InChI is InChI=1S/C38H44N6O12S2/c1-7-13-43(29(47)15-39-37(51)53-5)21(3)35(49)55-17-27(45)25-11-9-23(31-33(25)57-19-41-31)24-10-12-26(34-32(24)42-20-58-34)28(46)18-56-36(50)22(4)44(14-8-2)30(48)16-40-38(52)54-6/h9-12,19-22H,7-8,13-18H2,1-6H3,(H,39,51)(H,40,52). The van der Waals surface area contributed by atoms with Gasteiger partial charge < -0.3 is 39.4 Å². The van der Waals surface area contributed by atoms with Crippen LogP contribution in [0.25, 0.3) is 31.6 Å². The average Bonchev–Trinajstić information content (AvgIpc) is 3.94. The van der Waals surface area contributed by atoms with Gasteiger partial charge >= 0.3 is 24.1 Å². The number of hydrogen-bond donors (Lipinski definition) is 2. The Kier molecular flexibility index (Phi) is 16.1. The summed E-state index contributed by atoms with van der Waals surface area (Å²) in [4.78, 5) is 113. The zero-order chi connectivity index (χ0) is 42.5. The first-order valence-corrected chi connectivity index (χ1v) is 19.9. The normalized spacial score (nSPS) is 11.9. The molecule has 58 heavy (non-hydrogen) atoms. The summed E-state index contributed by atoms with van der Waals surface area (Å²) >= 11 is 2.43. The lowest BCUT2D eigenvalue weighted by atomic mass is 9.98. The number of rotatable bonds is 19. The molecule has 2 aromatic carbocycles. The van der Waals surface area contributed by atoms with Crippen molar-refractivity contribution in [3.8, 4) is 11.1 Å². The number of methoxy groups -OCH3 is 2. The molecule has 4 amide bonds. The van der Waals surface area contributed by atoms with Gasteiger partial charge in [0.05, 0.1) is 45.7 Å². The first kappa shape index (κ1) is 44.7. The summed E-state index contributed by atoms with van der Waals surface area (Å²) in [5, 5.41) is 4.58. The maximum absolute atomic E-state index is 13.4. The molecule has 0 bridgehead atoms. The number of nitrogens with zero attached hydrogens (tertiary/aromatic N) is 4. The van der Waals surface area contributed by atoms with E-state index < -0.39 is 72.8 Å². The molecule has 4 rings (SSSR count). The molecule has 20 heteroatoms. The highest BCUT2D eigenvalue weighted by molar-refractivity contribution is 7.17. The molecule has 0 spiro atoms. The third-order valence-electron chi connectivity index (χ3n) is 8.88. The van der Waals surface area contributed by atoms with Gasteiger partial charge in [0, 0.05) is 35.3 Å². The highest BCUT2D eigenvalue weighted by Crippen LogP contribution is 2.38. The Hall–Kier alpha value is -6.02. The fourth-order valence-electron chi connectivity index (χ4n) is 5.89. The number of aromatic nitrogens is 2. The van der Waals surface area contributed by atoms with Crippen molar-refractivity contribution in [3.63, 3.8) is 0 Å². The van der Waals surface area contributed by atoms with Gasteiger partial charge in [0.2, 0.25) is 23.4 Å². The Bertz CT molecular complexity index is 2030. The molecule has 2 heterocycles. The minimum absolute atomic E-state index is 0.213. The van der Waals surface area contributed by atoms with E-state index in [1.807, 2.05) is 13.8 Å². The molecule has 0 aliphatic carbocycles. The van der Waals surface area contributed by atoms with Crippen LogP contribution in [0, 0.1) is 0 Å². The minimum Gasteiger partial charge on any atom is -0.456 e. The number of nitrogens with one attached hydrogen (secondary N) is 2. The third-order valence-corrected chi connectivity index (χ3v) is 10.6. The third kappa shape index (κ3) is 10.7. The van der Waals surface area contributed by atoms with Crippen LogP contribution in [0.3, 0.4) is 0 Å². The molecular weight excluding hydrogens is 797 g/mol. The Morgan fingerprint density at radius 3 is 1.36 bits per heavy atom. The lowest BCUT2D eigenvalue weighted by molar-refractivity contribution is -0.153. The van der Waals surface area contributed by atoms with E-state index in [-0.39, 0.29) is 37.3 Å². The fraction of sp³-hybridized carbons (Fsp3) is 0.421. The van der Waals surface area contributed by atoms with Gasteiger partial charge in [0.25, 0.3) is 0 Å². The van der Waals surface area contributed by atoms with E-state index in [1.165, 1.54) is 46.3 Å². The Morgan fingerprint density at radius 1 is 0.638 bits per heavy atom. The summed E-state index contributed by atoms with van der Waals surface area (Å²) in [6.45, 7) is 5.05. The highest BCUT2D eigenvalue weighted by atomic mass is 32.1. The molecule has 0 saturated heterocycles. The SMILES string of the molecule is CCCN(C(=O)CNC(=O)OC)C(C)C(=O)OCC(=O)c1ccc(-c2ccc(C(=O)COC(=O)C(C)N(CCC)C(=O)CNC(=O)OC)c3scnc23)c2ncsc12. The lowest BCUT2D eigenvalue weighted by Crippen LogP contribution is -2.48. The van der Waals surface area contributed by atoms with E-state index in [9.17, 15) is 38.4 Å². The van der Waals surface area contributed by atoms with Crippen LogP contribution in [0.4, 0.5) is 9.59 Å². The van der Waals surface area contributed by atoms with Crippen molar-refractivity contribution >= 4 is 90.6 Å². The quantitative estimate of drug-likeness (QED) is 0.0773. The van der Waals surface area contributed by atoms with E-state index in [0.29, 0.717) is 44.4 Å². The van der Waals surface area contributed by atoms with Crippen LogP contribution < -0.4 is 10.6 Å². The number of alkyl carbamates (subject to hydrolysis) is 2. The second-order valence-corrected chi connectivity index (χ2v) is 14.4. The summed E-state index contributed by atoms with van der Waals surface area (Å²) in [6, 6.07) is 4.50. The van der Waals surface area contributed by atoms with Crippen LogP contribution in [0.5, 0.6) is 0 Å². The largest absolute Gasteiger partial charge is 0.456 e. The second kappa shape index (κ2) is 20.9. The molecule has 2 N–H and O–H groups in total. The van der Waals surface area contributed by atoms with E-state index in [4.69, 9.17) is 9.47 Å². The van der Waals surface area contributed by atoms with Crippen molar-refractivity contribution in [2.45, 2.75) is 52.6 Å². The van der Waals surface area contributed by atoms with Crippen molar-refractivity contribution < 1.29 is 57.3 Å². The average molecular weight is 841 g/mol. The zero-order valence-electron chi connectivity index (χ0n) is 32.8. The summed E-state index contributed by atoms with van der Waals surface area (Å²) in [5.41, 5.74) is 5.91. The molecule has 0 saturated carbocycles. The number of benzene rings is 2. The number of carbonyl (C=O) groups excluding carboxylic acids is 8. The molecule has 4 aromatic rings. The van der Waals surface area contributed by atoms with Gasteiger partial charge in [-0.1, -0.05) is 26.0 Å². The molecule has 310 valence electrons. The predicted molar refractivity (Wildman–Crippen MR) is 213 cm³/mol. The fourth-order valence-corrected chi connectivity index (χ4v) is 7.59. The van der Waals surface area contributed by atoms with Gasteiger partial charge in [0.15, 0.2) is 13.2 Å². The Morgan fingerprint density at radius 2 is 1.02 bits per heavy atom. The molecule has 0 aliphatic heterocycles. The van der Waals surface area contributed by atoms with Gasteiger partial charge in [-0.3, -0.25) is 19.2 Å². The van der Waals surface area contributed by atoms with E-state index in [1.54, 1.807) is 35.3 Å². The van der Waals surface area contributed by atoms with Crippen LogP contribution >= 0.6 is 22.7 Å². The van der Waals surface area contributed by atoms with E-state index in [0.717, 1.165) is 14.2 Å². The van der Waals surface area contributed by atoms with Crippen LogP contribution in [-0.4, -0.2) is 133 Å². The first-order chi connectivity index (χ1) is 27.8. The monoisotopic (exact) mass is 840 g/mol. The molecule has 2 atom stereocenters. The van der Waals surface area contributed by atoms with Crippen molar-refractivity contribution in [1.29, 1.82) is 0 Å².